The number of amides is 1. The van der Waals surface area contributed by atoms with Gasteiger partial charge in [-0.05, 0) is 69.5 Å². The van der Waals surface area contributed by atoms with Crippen LogP contribution < -0.4 is 19.6 Å². The normalized spacial score (nSPS) is 10.7. The molecule has 0 saturated heterocycles. The van der Waals surface area contributed by atoms with E-state index < -0.39 is 0 Å². The Morgan fingerprint density at radius 1 is 1.03 bits per heavy atom. The van der Waals surface area contributed by atoms with Gasteiger partial charge in [-0.15, -0.1) is 0 Å². The van der Waals surface area contributed by atoms with Gasteiger partial charge in [-0.2, -0.15) is 5.10 Å². The molecule has 31 heavy (non-hydrogen) atoms. The fourth-order valence-corrected chi connectivity index (χ4v) is 3.52. The molecule has 0 radical (unpaired) electrons. The van der Waals surface area contributed by atoms with Crippen LogP contribution in [0.3, 0.4) is 0 Å². The van der Waals surface area contributed by atoms with E-state index in [9.17, 15) is 4.79 Å². The number of rotatable bonds is 8. The molecule has 0 heterocycles. The molecule has 0 aromatic heterocycles. The fourth-order valence-electron chi connectivity index (χ4n) is 2.68. The topological polar surface area (TPSA) is 69.2 Å². The van der Waals surface area contributed by atoms with E-state index in [0.29, 0.717) is 33.9 Å². The largest absolute Gasteiger partial charge is 0.497 e. The summed E-state index contributed by atoms with van der Waals surface area (Å²) in [6, 6.07) is 18.3. The molecule has 0 atom stereocenters. The quantitative estimate of drug-likeness (QED) is 0.295. The Morgan fingerprint density at radius 3 is 2.52 bits per heavy atom. The van der Waals surface area contributed by atoms with Gasteiger partial charge in [0.25, 0.3) is 5.91 Å². The van der Waals surface area contributed by atoms with Crippen molar-refractivity contribution in [1.29, 1.82) is 0 Å². The number of halogens is 2. The Hall–Kier alpha value is -2.84. The number of nitrogens with zero attached hydrogens (tertiary/aromatic N) is 1. The van der Waals surface area contributed by atoms with Gasteiger partial charge in [0.2, 0.25) is 0 Å². The van der Waals surface area contributed by atoms with Crippen molar-refractivity contribution in [2.45, 2.75) is 6.61 Å². The third-order valence-electron chi connectivity index (χ3n) is 4.26. The van der Waals surface area contributed by atoms with Crippen LogP contribution in [0.4, 0.5) is 0 Å². The molecule has 8 heteroatoms. The minimum atomic E-state index is -0.337. The molecule has 0 unspecified atom stereocenters. The second-order valence-corrected chi connectivity index (χ2v) is 8.15. The van der Waals surface area contributed by atoms with Crippen molar-refractivity contribution in [3.8, 4) is 17.2 Å². The van der Waals surface area contributed by atoms with E-state index >= 15 is 0 Å². The van der Waals surface area contributed by atoms with Crippen LogP contribution in [0.1, 0.15) is 21.5 Å². The second-order valence-electron chi connectivity index (χ2n) is 6.38. The highest BCUT2D eigenvalue weighted by Gasteiger charge is 2.12. The van der Waals surface area contributed by atoms with Gasteiger partial charge in [-0.3, -0.25) is 4.79 Å². The van der Waals surface area contributed by atoms with Crippen molar-refractivity contribution >= 4 is 44.0 Å². The molecule has 0 aliphatic rings. The Kier molecular flexibility index (Phi) is 8.08. The van der Waals surface area contributed by atoms with Crippen LogP contribution in [-0.4, -0.2) is 26.3 Å². The number of hydrogen-bond acceptors (Lipinski definition) is 5. The minimum absolute atomic E-state index is 0.337. The lowest BCUT2D eigenvalue weighted by molar-refractivity contribution is 0.0955. The number of hydrazone groups is 1. The van der Waals surface area contributed by atoms with Crippen molar-refractivity contribution in [1.82, 2.24) is 5.43 Å². The molecule has 1 amide bonds. The molecule has 3 rings (SSSR count). The van der Waals surface area contributed by atoms with Gasteiger partial charge in [0, 0.05) is 10.0 Å². The van der Waals surface area contributed by atoms with Crippen molar-refractivity contribution in [2.75, 3.05) is 14.2 Å². The Balaban J connectivity index is 1.68. The number of carbonyl (C=O) groups excluding carboxylic acids is 1. The van der Waals surface area contributed by atoms with Crippen molar-refractivity contribution in [3.05, 3.63) is 86.3 Å². The summed E-state index contributed by atoms with van der Waals surface area (Å²) in [6.07, 6.45) is 1.53. The van der Waals surface area contributed by atoms with E-state index in [4.69, 9.17) is 14.2 Å². The molecule has 0 saturated carbocycles. The number of hydrogen-bond donors (Lipinski definition) is 1. The highest BCUT2D eigenvalue weighted by Crippen LogP contribution is 2.37. The Bertz CT molecular complexity index is 1090. The van der Waals surface area contributed by atoms with E-state index in [1.54, 1.807) is 44.6 Å². The lowest BCUT2D eigenvalue weighted by Crippen LogP contribution is -2.17. The molecule has 0 fully saturated rings. The van der Waals surface area contributed by atoms with Crippen molar-refractivity contribution < 1.29 is 19.0 Å². The van der Waals surface area contributed by atoms with Crippen LogP contribution in [0.2, 0.25) is 0 Å². The third kappa shape index (κ3) is 6.32. The molecule has 0 aliphatic carbocycles. The molecule has 6 nitrogen and oxygen atoms in total. The number of carbonyl (C=O) groups is 1. The first-order valence-electron chi connectivity index (χ1n) is 9.22. The molecule has 0 aliphatic heterocycles. The summed E-state index contributed by atoms with van der Waals surface area (Å²) in [5, 5.41) is 4.03. The maximum atomic E-state index is 12.3. The fraction of sp³-hybridized carbons (Fsp3) is 0.130. The first-order chi connectivity index (χ1) is 15.0. The van der Waals surface area contributed by atoms with Gasteiger partial charge in [0.05, 0.1) is 24.9 Å². The lowest BCUT2D eigenvalue weighted by atomic mass is 10.2. The van der Waals surface area contributed by atoms with E-state index in [0.717, 1.165) is 15.6 Å². The number of methoxy groups -OCH3 is 2. The standard InChI is InChI=1S/C23H20Br2N2O4/c1-29-19-5-3-4-17(12-19)23(28)27-26-13-16-10-20(25)22(21(11-16)30-2)31-14-15-6-8-18(24)9-7-15/h3-13H,14H2,1-2H3,(H,27,28)/b26-13-. The minimum Gasteiger partial charge on any atom is -0.497 e. The van der Waals surface area contributed by atoms with Gasteiger partial charge < -0.3 is 14.2 Å². The summed E-state index contributed by atoms with van der Waals surface area (Å²) in [5.41, 5.74) is 4.71. The summed E-state index contributed by atoms with van der Waals surface area (Å²) in [6.45, 7) is 0.395. The van der Waals surface area contributed by atoms with Crippen molar-refractivity contribution in [2.24, 2.45) is 5.10 Å². The van der Waals surface area contributed by atoms with E-state index in [2.05, 4.69) is 42.4 Å². The average Bonchev–Trinajstić information content (AvgIpc) is 2.79. The maximum absolute atomic E-state index is 12.3. The average molecular weight is 548 g/mol. The Morgan fingerprint density at radius 2 is 1.81 bits per heavy atom. The van der Waals surface area contributed by atoms with Crippen LogP contribution in [0.5, 0.6) is 17.2 Å². The van der Waals surface area contributed by atoms with Gasteiger partial charge >= 0.3 is 0 Å². The zero-order chi connectivity index (χ0) is 22.2. The van der Waals surface area contributed by atoms with E-state index in [1.165, 1.54) is 6.21 Å². The highest BCUT2D eigenvalue weighted by atomic mass is 79.9. The highest BCUT2D eigenvalue weighted by molar-refractivity contribution is 9.10. The summed E-state index contributed by atoms with van der Waals surface area (Å²) in [4.78, 5) is 12.3. The van der Waals surface area contributed by atoms with Crippen LogP contribution >= 0.6 is 31.9 Å². The molecule has 3 aromatic carbocycles. The number of benzene rings is 3. The first kappa shape index (κ1) is 22.8. The molecule has 1 N–H and O–H groups in total. The Labute approximate surface area is 197 Å². The number of ether oxygens (including phenoxy) is 3. The second kappa shape index (κ2) is 11.0. The smallest absolute Gasteiger partial charge is 0.271 e. The van der Waals surface area contributed by atoms with Gasteiger partial charge in [0.1, 0.15) is 12.4 Å². The molecular formula is C23H20Br2N2O4. The van der Waals surface area contributed by atoms with Crippen LogP contribution in [0, 0.1) is 0 Å². The summed E-state index contributed by atoms with van der Waals surface area (Å²) in [7, 11) is 3.12. The third-order valence-corrected chi connectivity index (χ3v) is 5.38. The molecule has 3 aromatic rings. The van der Waals surface area contributed by atoms with Crippen LogP contribution in [-0.2, 0) is 6.61 Å². The van der Waals surface area contributed by atoms with Gasteiger partial charge in [0.15, 0.2) is 11.5 Å². The predicted molar refractivity (Wildman–Crippen MR) is 127 cm³/mol. The summed E-state index contributed by atoms with van der Waals surface area (Å²) in [5.74, 6) is 1.40. The monoisotopic (exact) mass is 546 g/mol. The van der Waals surface area contributed by atoms with Crippen LogP contribution in [0.15, 0.2) is 74.7 Å². The van der Waals surface area contributed by atoms with E-state index in [1.807, 2.05) is 30.3 Å². The molecule has 0 spiro atoms. The first-order valence-corrected chi connectivity index (χ1v) is 10.8. The number of nitrogens with one attached hydrogen (secondary N) is 1. The van der Waals surface area contributed by atoms with Gasteiger partial charge in [-0.1, -0.05) is 34.1 Å². The van der Waals surface area contributed by atoms with Crippen LogP contribution in [0.25, 0.3) is 0 Å². The summed E-state index contributed by atoms with van der Waals surface area (Å²) >= 11 is 6.94. The molecule has 160 valence electrons. The molecule has 0 bridgehead atoms. The van der Waals surface area contributed by atoms with E-state index in [-0.39, 0.29) is 5.91 Å². The summed E-state index contributed by atoms with van der Waals surface area (Å²) < 4.78 is 18.3. The van der Waals surface area contributed by atoms with Gasteiger partial charge in [-0.25, -0.2) is 5.43 Å². The molecular weight excluding hydrogens is 528 g/mol. The lowest BCUT2D eigenvalue weighted by Gasteiger charge is -2.13. The zero-order valence-electron chi connectivity index (χ0n) is 16.9. The van der Waals surface area contributed by atoms with Crippen molar-refractivity contribution in [3.63, 3.8) is 0 Å². The maximum Gasteiger partial charge on any atom is 0.271 e. The predicted octanol–water partition coefficient (Wildman–Crippen LogP) is 5.57. The zero-order valence-corrected chi connectivity index (χ0v) is 20.1. The SMILES string of the molecule is COc1cccc(C(=O)N/N=C\c2cc(Br)c(OCc3ccc(Br)cc3)c(OC)c2)c1.